The number of rotatable bonds is 6. The molecule has 0 aliphatic carbocycles. The number of carbonyl (C=O) groups excluding carboxylic acids is 1. The van der Waals surface area contributed by atoms with Crippen molar-refractivity contribution in [2.75, 3.05) is 17.8 Å². The highest BCUT2D eigenvalue weighted by Gasteiger charge is 2.20. The molecule has 0 unspecified atom stereocenters. The molecule has 1 heterocycles. The summed E-state index contributed by atoms with van der Waals surface area (Å²) in [5.74, 6) is -0.0486. The molecule has 0 spiro atoms. The Bertz CT molecular complexity index is 870. The fourth-order valence-electron chi connectivity index (χ4n) is 3.16. The fourth-order valence-corrected chi connectivity index (χ4v) is 4.21. The maximum atomic E-state index is 12.6. The molecule has 1 saturated heterocycles. The number of hydrogen-bond acceptors (Lipinski definition) is 3. The highest BCUT2D eigenvalue weighted by molar-refractivity contribution is 7.92. The Morgan fingerprint density at radius 3 is 2.42 bits per heavy atom. The van der Waals surface area contributed by atoms with Gasteiger partial charge in [0.05, 0.1) is 4.90 Å². The predicted octanol–water partition coefficient (Wildman–Crippen LogP) is 3.68. The summed E-state index contributed by atoms with van der Waals surface area (Å²) in [7, 11) is -3.68. The van der Waals surface area contributed by atoms with Gasteiger partial charge in [0.25, 0.3) is 15.9 Å². The number of carbonyl (C=O) groups is 1. The molecule has 1 aliphatic rings. The zero-order valence-corrected chi connectivity index (χ0v) is 15.8. The molecule has 5 nitrogen and oxygen atoms in total. The molecule has 1 aliphatic heterocycles. The van der Waals surface area contributed by atoms with Crippen LogP contribution in [0.5, 0.6) is 0 Å². The quantitative estimate of drug-likeness (QED) is 0.841. The number of nitrogens with zero attached hydrogens (tertiary/aromatic N) is 1. The Labute approximate surface area is 155 Å². The van der Waals surface area contributed by atoms with Crippen molar-refractivity contribution in [2.45, 2.75) is 37.5 Å². The van der Waals surface area contributed by atoms with Crippen molar-refractivity contribution in [3.8, 4) is 0 Å². The molecule has 1 N–H and O–H groups in total. The van der Waals surface area contributed by atoms with Gasteiger partial charge in [-0.15, -0.1) is 0 Å². The third-order valence-corrected chi connectivity index (χ3v) is 5.92. The third-order valence-electron chi connectivity index (χ3n) is 4.53. The van der Waals surface area contributed by atoms with Crippen LogP contribution in [0.4, 0.5) is 5.69 Å². The molecular weight excluding hydrogens is 348 g/mol. The van der Waals surface area contributed by atoms with Gasteiger partial charge in [0, 0.05) is 24.3 Å². The zero-order valence-electron chi connectivity index (χ0n) is 14.9. The minimum absolute atomic E-state index is 0.0486. The number of aryl methyl sites for hydroxylation is 1. The van der Waals surface area contributed by atoms with E-state index in [4.69, 9.17) is 0 Å². The first-order valence-electron chi connectivity index (χ1n) is 9.01. The molecule has 2 aromatic rings. The van der Waals surface area contributed by atoms with E-state index in [1.165, 1.54) is 0 Å². The van der Waals surface area contributed by atoms with Gasteiger partial charge in [0.1, 0.15) is 0 Å². The smallest absolute Gasteiger partial charge is 0.261 e. The SMILES string of the molecule is CCCc1ccc(S(=O)(=O)Nc2cccc(C(=O)N3CCCC3)c2)cc1. The number of benzene rings is 2. The third kappa shape index (κ3) is 4.25. The summed E-state index contributed by atoms with van der Waals surface area (Å²) in [6.45, 7) is 3.61. The van der Waals surface area contributed by atoms with E-state index in [-0.39, 0.29) is 10.8 Å². The van der Waals surface area contributed by atoms with Crippen LogP contribution in [0.2, 0.25) is 0 Å². The second kappa shape index (κ2) is 7.91. The Kier molecular flexibility index (Phi) is 5.61. The first-order chi connectivity index (χ1) is 12.5. The topological polar surface area (TPSA) is 66.5 Å². The molecule has 0 atom stereocenters. The monoisotopic (exact) mass is 372 g/mol. The lowest BCUT2D eigenvalue weighted by Crippen LogP contribution is -2.27. The molecule has 0 radical (unpaired) electrons. The first-order valence-corrected chi connectivity index (χ1v) is 10.5. The van der Waals surface area contributed by atoms with E-state index in [1.54, 1.807) is 41.3 Å². The van der Waals surface area contributed by atoms with Gasteiger partial charge in [-0.05, 0) is 55.2 Å². The molecule has 138 valence electrons. The molecule has 6 heteroatoms. The van der Waals surface area contributed by atoms with E-state index in [0.29, 0.717) is 11.3 Å². The summed E-state index contributed by atoms with van der Waals surface area (Å²) in [5, 5.41) is 0. The van der Waals surface area contributed by atoms with Crippen LogP contribution in [0, 0.1) is 0 Å². The maximum Gasteiger partial charge on any atom is 0.261 e. The van der Waals surface area contributed by atoms with E-state index >= 15 is 0 Å². The van der Waals surface area contributed by atoms with Crippen molar-refractivity contribution < 1.29 is 13.2 Å². The standard InChI is InChI=1S/C20H24N2O3S/c1-2-6-16-9-11-19(12-10-16)26(24,25)21-18-8-5-7-17(15-18)20(23)22-13-3-4-14-22/h5,7-12,15,21H,2-4,6,13-14H2,1H3. The van der Waals surface area contributed by atoms with Crippen LogP contribution in [-0.4, -0.2) is 32.3 Å². The summed E-state index contributed by atoms with van der Waals surface area (Å²) in [5.41, 5.74) is 2.02. The van der Waals surface area contributed by atoms with Crippen molar-refractivity contribution in [1.29, 1.82) is 0 Å². The van der Waals surface area contributed by atoms with Gasteiger partial charge in [-0.1, -0.05) is 31.5 Å². The molecule has 0 saturated carbocycles. The minimum Gasteiger partial charge on any atom is -0.339 e. The van der Waals surface area contributed by atoms with Gasteiger partial charge >= 0.3 is 0 Å². The fraction of sp³-hybridized carbons (Fsp3) is 0.350. The van der Waals surface area contributed by atoms with Crippen molar-refractivity contribution in [2.24, 2.45) is 0 Å². The summed E-state index contributed by atoms with van der Waals surface area (Å²) in [6, 6.07) is 13.6. The molecular formula is C20H24N2O3S. The molecule has 26 heavy (non-hydrogen) atoms. The number of anilines is 1. The Hall–Kier alpha value is -2.34. The number of hydrogen-bond donors (Lipinski definition) is 1. The maximum absolute atomic E-state index is 12.6. The minimum atomic E-state index is -3.68. The Morgan fingerprint density at radius 2 is 1.77 bits per heavy atom. The van der Waals surface area contributed by atoms with Gasteiger partial charge in [0.15, 0.2) is 0 Å². The van der Waals surface area contributed by atoms with E-state index in [9.17, 15) is 13.2 Å². The van der Waals surface area contributed by atoms with Crippen molar-refractivity contribution >= 4 is 21.6 Å². The van der Waals surface area contributed by atoms with Crippen LogP contribution in [-0.2, 0) is 16.4 Å². The lowest BCUT2D eigenvalue weighted by Gasteiger charge is -2.16. The molecule has 1 fully saturated rings. The second-order valence-electron chi connectivity index (χ2n) is 6.58. The summed E-state index contributed by atoms with van der Waals surface area (Å²) >= 11 is 0. The first kappa shape index (κ1) is 18.5. The van der Waals surface area contributed by atoms with Crippen LogP contribution in [0.1, 0.15) is 42.1 Å². The second-order valence-corrected chi connectivity index (χ2v) is 8.26. The van der Waals surface area contributed by atoms with Gasteiger partial charge in [-0.25, -0.2) is 8.42 Å². The Morgan fingerprint density at radius 1 is 1.08 bits per heavy atom. The summed E-state index contributed by atoms with van der Waals surface area (Å²) in [4.78, 5) is 14.5. The molecule has 1 amide bonds. The van der Waals surface area contributed by atoms with E-state index in [2.05, 4.69) is 11.6 Å². The number of sulfonamides is 1. The van der Waals surface area contributed by atoms with Gasteiger partial charge < -0.3 is 4.90 Å². The van der Waals surface area contributed by atoms with Crippen molar-refractivity contribution in [3.05, 3.63) is 59.7 Å². The lowest BCUT2D eigenvalue weighted by molar-refractivity contribution is 0.0793. The molecule has 0 aromatic heterocycles. The summed E-state index contributed by atoms with van der Waals surface area (Å²) < 4.78 is 27.8. The van der Waals surface area contributed by atoms with Crippen LogP contribution in [0.3, 0.4) is 0 Å². The largest absolute Gasteiger partial charge is 0.339 e. The van der Waals surface area contributed by atoms with E-state index in [1.807, 2.05) is 12.1 Å². The summed E-state index contributed by atoms with van der Waals surface area (Å²) in [6.07, 6.45) is 3.98. The van der Waals surface area contributed by atoms with E-state index in [0.717, 1.165) is 44.3 Å². The lowest BCUT2D eigenvalue weighted by atomic mass is 10.1. The van der Waals surface area contributed by atoms with Crippen molar-refractivity contribution in [3.63, 3.8) is 0 Å². The van der Waals surface area contributed by atoms with E-state index < -0.39 is 10.0 Å². The number of amides is 1. The highest BCUT2D eigenvalue weighted by atomic mass is 32.2. The number of nitrogens with one attached hydrogen (secondary N) is 1. The Balaban J connectivity index is 1.77. The van der Waals surface area contributed by atoms with Crippen LogP contribution < -0.4 is 4.72 Å². The average molecular weight is 372 g/mol. The predicted molar refractivity (Wildman–Crippen MR) is 103 cm³/mol. The molecule has 0 bridgehead atoms. The van der Waals surface area contributed by atoms with Crippen LogP contribution >= 0.6 is 0 Å². The van der Waals surface area contributed by atoms with Gasteiger partial charge in [0.2, 0.25) is 0 Å². The van der Waals surface area contributed by atoms with Crippen LogP contribution in [0.25, 0.3) is 0 Å². The van der Waals surface area contributed by atoms with Crippen LogP contribution in [0.15, 0.2) is 53.4 Å². The van der Waals surface area contributed by atoms with Gasteiger partial charge in [-0.3, -0.25) is 9.52 Å². The number of likely N-dealkylation sites (tertiary alicyclic amines) is 1. The molecule has 2 aromatic carbocycles. The average Bonchev–Trinajstić information content (AvgIpc) is 3.16. The zero-order chi connectivity index (χ0) is 18.6. The van der Waals surface area contributed by atoms with Crippen molar-refractivity contribution in [1.82, 2.24) is 4.90 Å². The molecule has 3 rings (SSSR count). The highest BCUT2D eigenvalue weighted by Crippen LogP contribution is 2.20. The van der Waals surface area contributed by atoms with Gasteiger partial charge in [-0.2, -0.15) is 0 Å². The normalized spacial score (nSPS) is 14.4.